The molecule has 0 atom stereocenters. The Balaban J connectivity index is 2.16. The van der Waals surface area contributed by atoms with Crippen molar-refractivity contribution < 1.29 is 0 Å². The Bertz CT molecular complexity index is 595. The summed E-state index contributed by atoms with van der Waals surface area (Å²) < 4.78 is 0.430. The van der Waals surface area contributed by atoms with Gasteiger partial charge in [0, 0.05) is 6.54 Å². The third-order valence-corrected chi connectivity index (χ3v) is 3.48. The number of H-pyrrole nitrogens is 1. The Morgan fingerprint density at radius 1 is 1.33 bits per heavy atom. The molecule has 0 amide bonds. The fourth-order valence-corrected chi connectivity index (χ4v) is 2.12. The molecule has 94 valence electrons. The third-order valence-electron chi connectivity index (χ3n) is 2.74. The van der Waals surface area contributed by atoms with E-state index in [9.17, 15) is 4.79 Å². The molecule has 18 heavy (non-hydrogen) atoms. The number of aromatic nitrogens is 2. The number of benzene rings is 1. The van der Waals surface area contributed by atoms with Crippen molar-refractivity contribution in [2.24, 2.45) is 0 Å². The molecule has 1 heterocycles. The van der Waals surface area contributed by atoms with Crippen LogP contribution in [0.1, 0.15) is 18.1 Å². The molecule has 5 heteroatoms. The first kappa shape index (κ1) is 12.8. The average Bonchev–Trinajstić information content (AvgIpc) is 2.41. The van der Waals surface area contributed by atoms with Crippen LogP contribution in [0.15, 0.2) is 39.9 Å². The minimum atomic E-state index is -0.184. The highest BCUT2D eigenvalue weighted by Crippen LogP contribution is 2.16. The summed E-state index contributed by atoms with van der Waals surface area (Å²) in [7, 11) is 0. The number of nitrogens with zero attached hydrogens (tertiary/aromatic N) is 1. The van der Waals surface area contributed by atoms with Gasteiger partial charge in [0.1, 0.15) is 10.3 Å². The normalized spacial score (nSPS) is 10.3. The van der Waals surface area contributed by atoms with E-state index < -0.39 is 0 Å². The van der Waals surface area contributed by atoms with E-state index in [1.165, 1.54) is 17.5 Å². The van der Waals surface area contributed by atoms with Gasteiger partial charge in [0.15, 0.2) is 0 Å². The van der Waals surface area contributed by atoms with Gasteiger partial charge in [0.2, 0.25) is 0 Å². The largest absolute Gasteiger partial charge is 0.365 e. The van der Waals surface area contributed by atoms with Crippen molar-refractivity contribution in [3.8, 4) is 0 Å². The van der Waals surface area contributed by atoms with Crippen LogP contribution in [0.4, 0.5) is 5.82 Å². The summed E-state index contributed by atoms with van der Waals surface area (Å²) in [4.78, 5) is 18.0. The lowest BCUT2D eigenvalue weighted by molar-refractivity contribution is 1.01. The molecule has 1 aromatic heterocycles. The van der Waals surface area contributed by atoms with Crippen LogP contribution < -0.4 is 10.9 Å². The van der Waals surface area contributed by atoms with Gasteiger partial charge >= 0.3 is 0 Å². The van der Waals surface area contributed by atoms with E-state index in [2.05, 4.69) is 50.3 Å². The van der Waals surface area contributed by atoms with Gasteiger partial charge in [-0.05, 0) is 33.5 Å². The standard InChI is InChI=1S/C13H14BrN3O/c1-2-9-5-3-4-6-10(9)7-15-12-11(14)13(18)17-8-16-12/h3-6,8H,2,7H2,1H3,(H2,15,16,17,18). The molecule has 0 saturated heterocycles. The number of hydrogen-bond donors (Lipinski definition) is 2. The molecule has 2 rings (SSSR count). The summed E-state index contributed by atoms with van der Waals surface area (Å²) in [6.07, 6.45) is 2.38. The molecule has 0 fully saturated rings. The SMILES string of the molecule is CCc1ccccc1CNc1nc[nH]c(=O)c1Br. The summed E-state index contributed by atoms with van der Waals surface area (Å²) in [6, 6.07) is 8.23. The Hall–Kier alpha value is -1.62. The first-order valence-corrected chi connectivity index (χ1v) is 6.55. The Morgan fingerprint density at radius 3 is 2.78 bits per heavy atom. The van der Waals surface area contributed by atoms with E-state index in [1.54, 1.807) is 0 Å². The van der Waals surface area contributed by atoms with Gasteiger partial charge in [0.05, 0.1) is 6.33 Å². The lowest BCUT2D eigenvalue weighted by atomic mass is 10.1. The van der Waals surface area contributed by atoms with Crippen molar-refractivity contribution >= 4 is 21.7 Å². The molecule has 2 aromatic rings. The predicted octanol–water partition coefficient (Wildman–Crippen LogP) is 2.71. The molecule has 0 aliphatic heterocycles. The second-order valence-corrected chi connectivity index (χ2v) is 4.66. The van der Waals surface area contributed by atoms with Crippen LogP contribution >= 0.6 is 15.9 Å². The van der Waals surface area contributed by atoms with Gasteiger partial charge in [-0.3, -0.25) is 4.79 Å². The second-order valence-electron chi connectivity index (χ2n) is 3.87. The summed E-state index contributed by atoms with van der Waals surface area (Å²) in [5.74, 6) is 0.560. The molecule has 4 nitrogen and oxygen atoms in total. The van der Waals surface area contributed by atoms with E-state index in [1.807, 2.05) is 12.1 Å². The molecule has 0 spiro atoms. The van der Waals surface area contributed by atoms with Gasteiger partial charge in [-0.2, -0.15) is 0 Å². The highest BCUT2D eigenvalue weighted by atomic mass is 79.9. The van der Waals surface area contributed by atoms with Gasteiger partial charge in [-0.1, -0.05) is 31.2 Å². The molecular formula is C13H14BrN3O. The van der Waals surface area contributed by atoms with E-state index in [0.717, 1.165) is 6.42 Å². The summed E-state index contributed by atoms with van der Waals surface area (Å²) >= 11 is 3.22. The zero-order valence-corrected chi connectivity index (χ0v) is 11.6. The minimum absolute atomic E-state index is 0.184. The number of anilines is 1. The van der Waals surface area contributed by atoms with Crippen molar-refractivity contribution in [2.45, 2.75) is 19.9 Å². The zero-order valence-electron chi connectivity index (χ0n) is 10.0. The first-order valence-electron chi connectivity index (χ1n) is 5.76. The van der Waals surface area contributed by atoms with Gasteiger partial charge < -0.3 is 10.3 Å². The fourth-order valence-electron chi connectivity index (χ4n) is 1.76. The van der Waals surface area contributed by atoms with Crippen LogP contribution in [0.25, 0.3) is 0 Å². The van der Waals surface area contributed by atoms with E-state index in [0.29, 0.717) is 16.8 Å². The molecule has 1 aromatic carbocycles. The van der Waals surface area contributed by atoms with E-state index in [-0.39, 0.29) is 5.56 Å². The molecule has 2 N–H and O–H groups in total. The Kier molecular flexibility index (Phi) is 4.15. The monoisotopic (exact) mass is 307 g/mol. The van der Waals surface area contributed by atoms with Gasteiger partial charge in [0.25, 0.3) is 5.56 Å². The van der Waals surface area contributed by atoms with E-state index in [4.69, 9.17) is 0 Å². The fraction of sp³-hybridized carbons (Fsp3) is 0.231. The van der Waals surface area contributed by atoms with Crippen LogP contribution in [0, 0.1) is 0 Å². The highest BCUT2D eigenvalue weighted by molar-refractivity contribution is 9.10. The smallest absolute Gasteiger partial charge is 0.267 e. The first-order chi connectivity index (χ1) is 8.72. The van der Waals surface area contributed by atoms with Crippen LogP contribution in [0.2, 0.25) is 0 Å². The van der Waals surface area contributed by atoms with Crippen molar-refractivity contribution in [3.63, 3.8) is 0 Å². The summed E-state index contributed by atoms with van der Waals surface area (Å²) in [6.45, 7) is 2.78. The molecule has 0 unspecified atom stereocenters. The van der Waals surface area contributed by atoms with Crippen LogP contribution in [0.5, 0.6) is 0 Å². The number of nitrogens with one attached hydrogen (secondary N) is 2. The minimum Gasteiger partial charge on any atom is -0.365 e. The van der Waals surface area contributed by atoms with Crippen molar-refractivity contribution in [1.29, 1.82) is 0 Å². The summed E-state index contributed by atoms with van der Waals surface area (Å²) in [5, 5.41) is 3.17. The highest BCUT2D eigenvalue weighted by Gasteiger charge is 2.05. The number of aromatic amines is 1. The third kappa shape index (κ3) is 2.79. The maximum absolute atomic E-state index is 11.4. The average molecular weight is 308 g/mol. The van der Waals surface area contributed by atoms with Crippen LogP contribution in [-0.2, 0) is 13.0 Å². The van der Waals surface area contributed by atoms with Crippen molar-refractivity contribution in [2.75, 3.05) is 5.32 Å². The van der Waals surface area contributed by atoms with Crippen molar-refractivity contribution in [1.82, 2.24) is 9.97 Å². The lowest BCUT2D eigenvalue weighted by Gasteiger charge is -2.10. The maximum Gasteiger partial charge on any atom is 0.267 e. The molecular weight excluding hydrogens is 294 g/mol. The number of hydrogen-bond acceptors (Lipinski definition) is 3. The molecule has 0 aliphatic carbocycles. The number of rotatable bonds is 4. The van der Waals surface area contributed by atoms with Crippen LogP contribution in [-0.4, -0.2) is 9.97 Å². The second kappa shape index (κ2) is 5.82. The molecule has 0 bridgehead atoms. The molecule has 0 aliphatic rings. The number of aryl methyl sites for hydroxylation is 1. The number of halogens is 1. The predicted molar refractivity (Wildman–Crippen MR) is 75.7 cm³/mol. The van der Waals surface area contributed by atoms with Gasteiger partial charge in [-0.25, -0.2) is 4.98 Å². The maximum atomic E-state index is 11.4. The molecule has 0 radical (unpaired) electrons. The Labute approximate surface area is 114 Å². The van der Waals surface area contributed by atoms with Crippen molar-refractivity contribution in [3.05, 3.63) is 56.5 Å². The zero-order chi connectivity index (χ0) is 13.0. The lowest BCUT2D eigenvalue weighted by Crippen LogP contribution is -2.12. The van der Waals surface area contributed by atoms with E-state index >= 15 is 0 Å². The molecule has 0 saturated carbocycles. The summed E-state index contributed by atoms with van der Waals surface area (Å²) in [5.41, 5.74) is 2.33. The van der Waals surface area contributed by atoms with Crippen LogP contribution in [0.3, 0.4) is 0 Å². The topological polar surface area (TPSA) is 57.8 Å². The quantitative estimate of drug-likeness (QED) is 0.913. The van der Waals surface area contributed by atoms with Gasteiger partial charge in [-0.15, -0.1) is 0 Å². The Morgan fingerprint density at radius 2 is 2.06 bits per heavy atom.